The Balaban J connectivity index is 2.17. The number of rotatable bonds is 4. The molecule has 21 heavy (non-hydrogen) atoms. The SMILES string of the molecule is CCOC(=O)c1ccc(Nc2cc(F)c(Br)cc2C)nc1. The van der Waals surface area contributed by atoms with Crippen molar-refractivity contribution in [3.63, 3.8) is 0 Å². The lowest BCUT2D eigenvalue weighted by Crippen LogP contribution is -2.05. The summed E-state index contributed by atoms with van der Waals surface area (Å²) in [6.07, 6.45) is 1.42. The monoisotopic (exact) mass is 352 g/mol. The third kappa shape index (κ3) is 3.78. The van der Waals surface area contributed by atoms with Gasteiger partial charge in [0.15, 0.2) is 0 Å². The van der Waals surface area contributed by atoms with Crippen molar-refractivity contribution in [2.75, 3.05) is 11.9 Å². The fourth-order valence-corrected chi connectivity index (χ4v) is 2.18. The standard InChI is InChI=1S/C15H14BrFN2O2/c1-3-21-15(20)10-4-5-14(18-8-10)19-13-7-12(17)11(16)6-9(13)2/h4-8H,3H2,1-2H3,(H,18,19). The Hall–Kier alpha value is -1.95. The van der Waals surface area contributed by atoms with Gasteiger partial charge >= 0.3 is 5.97 Å². The van der Waals surface area contributed by atoms with Crippen molar-refractivity contribution in [1.82, 2.24) is 4.98 Å². The van der Waals surface area contributed by atoms with E-state index in [-0.39, 0.29) is 5.82 Å². The van der Waals surface area contributed by atoms with Crippen LogP contribution in [-0.2, 0) is 4.74 Å². The predicted molar refractivity (Wildman–Crippen MR) is 82.3 cm³/mol. The molecule has 0 amide bonds. The highest BCUT2D eigenvalue weighted by Gasteiger charge is 2.09. The molecule has 1 heterocycles. The van der Waals surface area contributed by atoms with Gasteiger partial charge in [-0.05, 0) is 59.6 Å². The third-order valence-corrected chi connectivity index (χ3v) is 3.41. The number of ether oxygens (including phenoxy) is 1. The molecule has 6 heteroatoms. The van der Waals surface area contributed by atoms with Crippen LogP contribution in [0.2, 0.25) is 0 Å². The van der Waals surface area contributed by atoms with Crippen LogP contribution >= 0.6 is 15.9 Å². The van der Waals surface area contributed by atoms with E-state index >= 15 is 0 Å². The first kappa shape index (κ1) is 15.4. The summed E-state index contributed by atoms with van der Waals surface area (Å²) in [5.74, 6) is -0.249. The molecule has 1 aromatic carbocycles. The van der Waals surface area contributed by atoms with Crippen molar-refractivity contribution in [2.24, 2.45) is 0 Å². The highest BCUT2D eigenvalue weighted by atomic mass is 79.9. The van der Waals surface area contributed by atoms with Crippen LogP contribution in [0.3, 0.4) is 0 Å². The summed E-state index contributed by atoms with van der Waals surface area (Å²) in [4.78, 5) is 15.6. The summed E-state index contributed by atoms with van der Waals surface area (Å²) in [7, 11) is 0. The predicted octanol–water partition coefficient (Wildman–Crippen LogP) is 4.21. The second kappa shape index (κ2) is 6.67. The van der Waals surface area contributed by atoms with Gasteiger partial charge in [0.05, 0.1) is 16.6 Å². The van der Waals surface area contributed by atoms with Crippen molar-refractivity contribution in [2.45, 2.75) is 13.8 Å². The lowest BCUT2D eigenvalue weighted by molar-refractivity contribution is 0.0526. The molecular weight excluding hydrogens is 339 g/mol. The Bertz CT molecular complexity index is 659. The average molecular weight is 353 g/mol. The molecule has 0 aliphatic carbocycles. The van der Waals surface area contributed by atoms with Crippen molar-refractivity contribution < 1.29 is 13.9 Å². The van der Waals surface area contributed by atoms with Crippen LogP contribution in [0.25, 0.3) is 0 Å². The fourth-order valence-electron chi connectivity index (χ4n) is 1.72. The highest BCUT2D eigenvalue weighted by Crippen LogP contribution is 2.26. The maximum absolute atomic E-state index is 13.5. The van der Waals surface area contributed by atoms with Crippen molar-refractivity contribution in [3.05, 3.63) is 51.9 Å². The summed E-state index contributed by atoms with van der Waals surface area (Å²) in [6.45, 7) is 3.92. The van der Waals surface area contributed by atoms with Gasteiger partial charge in [-0.25, -0.2) is 14.2 Å². The molecule has 0 saturated carbocycles. The van der Waals surface area contributed by atoms with Crippen LogP contribution in [0.4, 0.5) is 15.9 Å². The van der Waals surface area contributed by atoms with E-state index in [1.807, 2.05) is 6.92 Å². The number of aryl methyl sites for hydroxylation is 1. The van der Waals surface area contributed by atoms with Gasteiger partial charge in [0.2, 0.25) is 0 Å². The molecule has 2 rings (SSSR count). The third-order valence-electron chi connectivity index (χ3n) is 2.80. The molecule has 0 atom stereocenters. The van der Waals surface area contributed by atoms with Crippen LogP contribution in [0, 0.1) is 12.7 Å². The van der Waals surface area contributed by atoms with Crippen molar-refractivity contribution >= 4 is 33.4 Å². The van der Waals surface area contributed by atoms with Crippen molar-refractivity contribution in [3.8, 4) is 0 Å². The minimum atomic E-state index is -0.414. The molecule has 1 aromatic heterocycles. The number of aromatic nitrogens is 1. The molecule has 0 saturated heterocycles. The van der Waals surface area contributed by atoms with Crippen LogP contribution in [0.15, 0.2) is 34.9 Å². The van der Waals surface area contributed by atoms with E-state index in [2.05, 4.69) is 26.2 Å². The van der Waals surface area contributed by atoms with Gasteiger partial charge in [0.25, 0.3) is 0 Å². The maximum atomic E-state index is 13.5. The molecule has 2 aromatic rings. The number of pyridine rings is 1. The Morgan fingerprint density at radius 2 is 2.19 bits per heavy atom. The molecule has 1 N–H and O–H groups in total. The fraction of sp³-hybridized carbons (Fsp3) is 0.200. The van der Waals surface area contributed by atoms with E-state index in [1.165, 1.54) is 12.3 Å². The smallest absolute Gasteiger partial charge is 0.339 e. The first-order valence-electron chi connectivity index (χ1n) is 6.37. The highest BCUT2D eigenvalue weighted by molar-refractivity contribution is 9.10. The van der Waals surface area contributed by atoms with Gasteiger partial charge in [0, 0.05) is 11.9 Å². The van der Waals surface area contributed by atoms with E-state index in [9.17, 15) is 9.18 Å². The van der Waals surface area contributed by atoms with Crippen LogP contribution in [-0.4, -0.2) is 17.6 Å². The minimum absolute atomic E-state index is 0.316. The Morgan fingerprint density at radius 3 is 2.81 bits per heavy atom. The van der Waals surface area contributed by atoms with E-state index < -0.39 is 5.97 Å². The first-order chi connectivity index (χ1) is 10.0. The number of halogens is 2. The topological polar surface area (TPSA) is 51.2 Å². The number of hydrogen-bond donors (Lipinski definition) is 1. The largest absolute Gasteiger partial charge is 0.462 e. The molecule has 0 aliphatic rings. The number of carbonyl (C=O) groups excluding carboxylic acids is 1. The Kier molecular flexibility index (Phi) is 4.90. The minimum Gasteiger partial charge on any atom is -0.462 e. The molecule has 0 spiro atoms. The summed E-state index contributed by atoms with van der Waals surface area (Å²) < 4.78 is 18.8. The molecule has 0 radical (unpaired) electrons. The number of carbonyl (C=O) groups is 1. The second-order valence-electron chi connectivity index (χ2n) is 4.36. The number of anilines is 2. The Labute approximate surface area is 130 Å². The van der Waals surface area contributed by atoms with Crippen molar-refractivity contribution in [1.29, 1.82) is 0 Å². The summed E-state index contributed by atoms with van der Waals surface area (Å²) in [5.41, 5.74) is 1.87. The normalized spacial score (nSPS) is 10.3. The van der Waals surface area contributed by atoms with Crippen LogP contribution < -0.4 is 5.32 Å². The van der Waals surface area contributed by atoms with Gasteiger partial charge in [-0.15, -0.1) is 0 Å². The number of nitrogens with one attached hydrogen (secondary N) is 1. The summed E-state index contributed by atoms with van der Waals surface area (Å²) in [6, 6.07) is 6.33. The van der Waals surface area contributed by atoms with E-state index in [4.69, 9.17) is 4.74 Å². The number of benzene rings is 1. The van der Waals surface area contributed by atoms with Crippen LogP contribution in [0.5, 0.6) is 0 Å². The average Bonchev–Trinajstić information content (AvgIpc) is 2.46. The zero-order chi connectivity index (χ0) is 15.4. The summed E-state index contributed by atoms with van der Waals surface area (Å²) in [5, 5.41) is 3.01. The second-order valence-corrected chi connectivity index (χ2v) is 5.21. The lowest BCUT2D eigenvalue weighted by Gasteiger charge is -2.10. The molecule has 4 nitrogen and oxygen atoms in total. The van der Waals surface area contributed by atoms with Gasteiger partial charge in [-0.3, -0.25) is 0 Å². The van der Waals surface area contributed by atoms with Crippen LogP contribution in [0.1, 0.15) is 22.8 Å². The lowest BCUT2D eigenvalue weighted by atomic mass is 10.2. The molecule has 0 aliphatic heterocycles. The zero-order valence-electron chi connectivity index (χ0n) is 11.6. The van der Waals surface area contributed by atoms with E-state index in [0.717, 1.165) is 5.56 Å². The van der Waals surface area contributed by atoms with Gasteiger partial charge < -0.3 is 10.1 Å². The molecule has 0 unspecified atom stereocenters. The quantitative estimate of drug-likeness (QED) is 0.837. The van der Waals surface area contributed by atoms with Gasteiger partial charge in [-0.2, -0.15) is 0 Å². The van der Waals surface area contributed by atoms with Gasteiger partial charge in [-0.1, -0.05) is 0 Å². The number of esters is 1. The van der Waals surface area contributed by atoms with E-state index in [1.54, 1.807) is 25.1 Å². The Morgan fingerprint density at radius 1 is 1.43 bits per heavy atom. The first-order valence-corrected chi connectivity index (χ1v) is 7.16. The number of nitrogens with zero attached hydrogens (tertiary/aromatic N) is 1. The molecule has 0 fully saturated rings. The summed E-state index contributed by atoms with van der Waals surface area (Å²) >= 11 is 3.14. The zero-order valence-corrected chi connectivity index (χ0v) is 13.2. The molecule has 0 bridgehead atoms. The molecule has 110 valence electrons. The maximum Gasteiger partial charge on any atom is 0.339 e. The molecular formula is C15H14BrFN2O2. The number of hydrogen-bond acceptors (Lipinski definition) is 4. The van der Waals surface area contributed by atoms with E-state index in [0.29, 0.717) is 28.1 Å². The van der Waals surface area contributed by atoms with Gasteiger partial charge in [0.1, 0.15) is 11.6 Å².